The molecule has 2 amide bonds. The number of primary amides is 2. The Balaban J connectivity index is 2.25. The second-order valence-electron chi connectivity index (χ2n) is 4.62. The molecule has 11 heteroatoms. The molecule has 2 aromatic rings. The standard InChI is InChI=1S/C14H12N2O7Se2/c15-13(19)9-5-7(1-3-11(9)17)24(21)23-25(22)8-2-4-12(18)10(6-8)14(16)20/h1-6,17-18H,(H2,15,19)(H2,16,20). The van der Waals surface area contributed by atoms with Gasteiger partial charge in [0.25, 0.3) is 0 Å². The number of amides is 2. The number of benzene rings is 2. The van der Waals surface area contributed by atoms with Gasteiger partial charge >= 0.3 is 150 Å². The minimum atomic E-state index is -3.28. The summed E-state index contributed by atoms with van der Waals surface area (Å²) in [5.74, 6) is -2.60. The summed E-state index contributed by atoms with van der Waals surface area (Å²) < 4.78 is 29.6. The van der Waals surface area contributed by atoms with E-state index in [9.17, 15) is 27.5 Å². The molecule has 2 rings (SSSR count). The summed E-state index contributed by atoms with van der Waals surface area (Å²) in [5, 5.41) is 19.0. The number of rotatable bonds is 6. The zero-order valence-electron chi connectivity index (χ0n) is 12.4. The van der Waals surface area contributed by atoms with Crippen LogP contribution < -0.4 is 20.4 Å². The third-order valence-electron chi connectivity index (χ3n) is 2.98. The summed E-state index contributed by atoms with van der Waals surface area (Å²) in [7, 11) is 0. The van der Waals surface area contributed by atoms with Crippen LogP contribution in [-0.4, -0.2) is 50.4 Å². The van der Waals surface area contributed by atoms with E-state index in [1.165, 1.54) is 12.1 Å². The van der Waals surface area contributed by atoms with Gasteiger partial charge in [-0.1, -0.05) is 0 Å². The number of nitrogens with two attached hydrogens (primary N) is 2. The molecular formula is C14H12N2O7Se2. The number of aromatic hydroxyl groups is 2. The Morgan fingerprint density at radius 2 is 1.16 bits per heavy atom. The Bertz CT molecular complexity index is 841. The van der Waals surface area contributed by atoms with Crippen LogP contribution in [-0.2, 0) is 10.6 Å². The van der Waals surface area contributed by atoms with Crippen molar-refractivity contribution in [3.63, 3.8) is 0 Å². The molecular weight excluding hydrogens is 466 g/mol. The van der Waals surface area contributed by atoms with Crippen molar-refractivity contribution in [2.24, 2.45) is 11.5 Å². The van der Waals surface area contributed by atoms with E-state index in [2.05, 4.69) is 0 Å². The number of carbonyl (C=O) groups is 2. The van der Waals surface area contributed by atoms with Crippen LogP contribution in [0.5, 0.6) is 11.5 Å². The first-order chi connectivity index (χ1) is 11.7. The van der Waals surface area contributed by atoms with E-state index in [1.807, 2.05) is 0 Å². The van der Waals surface area contributed by atoms with Gasteiger partial charge in [-0.05, 0) is 0 Å². The van der Waals surface area contributed by atoms with Crippen molar-refractivity contribution in [1.29, 1.82) is 0 Å². The topological polar surface area (TPSA) is 170 Å². The molecule has 0 aliphatic rings. The molecule has 0 spiro atoms. The molecule has 0 heterocycles. The maximum atomic E-state index is 12.2. The zero-order chi connectivity index (χ0) is 18.7. The van der Waals surface area contributed by atoms with Crippen molar-refractivity contribution in [1.82, 2.24) is 0 Å². The van der Waals surface area contributed by atoms with Crippen LogP contribution in [0.2, 0.25) is 0 Å². The fourth-order valence-electron chi connectivity index (χ4n) is 1.77. The Hall–Kier alpha value is -2.42. The molecule has 132 valence electrons. The maximum absolute atomic E-state index is 12.2. The molecule has 0 aliphatic heterocycles. The van der Waals surface area contributed by atoms with Gasteiger partial charge in [0, 0.05) is 0 Å². The second-order valence-corrected chi connectivity index (χ2v) is 10.3. The average Bonchev–Trinajstić information content (AvgIpc) is 2.54. The van der Waals surface area contributed by atoms with Crippen LogP contribution in [0.4, 0.5) is 0 Å². The van der Waals surface area contributed by atoms with Crippen LogP contribution in [0.25, 0.3) is 0 Å². The van der Waals surface area contributed by atoms with Crippen molar-refractivity contribution in [2.45, 2.75) is 0 Å². The van der Waals surface area contributed by atoms with E-state index in [0.717, 1.165) is 24.3 Å². The number of carbonyl (C=O) groups excluding carboxylic acids is 2. The third-order valence-corrected chi connectivity index (χ3v) is 8.87. The fraction of sp³-hybridized carbons (Fsp3) is 0. The summed E-state index contributed by atoms with van der Waals surface area (Å²) >= 11 is -6.57. The first-order valence-electron chi connectivity index (χ1n) is 6.48. The van der Waals surface area contributed by atoms with Crippen LogP contribution in [0, 0.1) is 0 Å². The number of hydrogen-bond donors (Lipinski definition) is 4. The average molecular weight is 478 g/mol. The molecule has 0 aliphatic carbocycles. The molecule has 25 heavy (non-hydrogen) atoms. The van der Waals surface area contributed by atoms with Crippen molar-refractivity contribution in [2.75, 3.05) is 0 Å². The van der Waals surface area contributed by atoms with Gasteiger partial charge in [0.1, 0.15) is 0 Å². The Morgan fingerprint density at radius 1 is 0.800 bits per heavy atom. The van der Waals surface area contributed by atoms with Crippen molar-refractivity contribution < 1.29 is 30.4 Å². The van der Waals surface area contributed by atoms with Crippen molar-refractivity contribution in [3.05, 3.63) is 47.5 Å². The summed E-state index contributed by atoms with van der Waals surface area (Å²) in [6.07, 6.45) is 0. The SMILES string of the molecule is NC(=O)c1cc([Se](=O)O[Se](=O)c2ccc(O)c(C(N)=O)c2)ccc1O. The molecule has 0 aromatic heterocycles. The zero-order valence-corrected chi connectivity index (χ0v) is 15.8. The van der Waals surface area contributed by atoms with Crippen LogP contribution in [0.15, 0.2) is 36.4 Å². The first kappa shape index (κ1) is 18.9. The van der Waals surface area contributed by atoms with E-state index in [-0.39, 0.29) is 31.5 Å². The third kappa shape index (κ3) is 4.36. The van der Waals surface area contributed by atoms with Gasteiger partial charge in [-0.25, -0.2) is 0 Å². The van der Waals surface area contributed by atoms with E-state index in [1.54, 1.807) is 0 Å². The Morgan fingerprint density at radius 3 is 1.48 bits per heavy atom. The van der Waals surface area contributed by atoms with E-state index in [4.69, 9.17) is 14.4 Å². The van der Waals surface area contributed by atoms with E-state index >= 15 is 0 Å². The van der Waals surface area contributed by atoms with Gasteiger partial charge in [0.05, 0.1) is 0 Å². The molecule has 6 N–H and O–H groups in total. The molecule has 0 bridgehead atoms. The normalized spacial score (nSPS) is 13.1. The van der Waals surface area contributed by atoms with E-state index < -0.39 is 40.1 Å². The predicted octanol–water partition coefficient (Wildman–Crippen LogP) is -1.74. The fourth-order valence-corrected chi connectivity index (χ4v) is 6.92. The van der Waals surface area contributed by atoms with Gasteiger partial charge in [-0.2, -0.15) is 0 Å². The molecule has 0 saturated heterocycles. The Labute approximate surface area is 150 Å². The summed E-state index contributed by atoms with van der Waals surface area (Å²) in [5.41, 5.74) is 9.69. The minimum absolute atomic E-state index is 0.0603. The quantitative estimate of drug-likeness (QED) is 0.358. The molecule has 0 radical (unpaired) electrons. The first-order valence-corrected chi connectivity index (χ1v) is 11.0. The van der Waals surface area contributed by atoms with Crippen LogP contribution in [0.1, 0.15) is 20.7 Å². The summed E-state index contributed by atoms with van der Waals surface area (Å²) in [6, 6.07) is 6.95. The van der Waals surface area contributed by atoms with Crippen molar-refractivity contribution in [3.8, 4) is 11.5 Å². The predicted molar refractivity (Wildman–Crippen MR) is 86.5 cm³/mol. The molecule has 2 aromatic carbocycles. The number of phenols is 2. The Kier molecular flexibility index (Phi) is 5.78. The van der Waals surface area contributed by atoms with Crippen LogP contribution >= 0.6 is 0 Å². The van der Waals surface area contributed by atoms with Gasteiger partial charge < -0.3 is 0 Å². The van der Waals surface area contributed by atoms with Gasteiger partial charge in [0.15, 0.2) is 0 Å². The monoisotopic (exact) mass is 480 g/mol. The van der Waals surface area contributed by atoms with Gasteiger partial charge in [-0.3, -0.25) is 0 Å². The van der Waals surface area contributed by atoms with Gasteiger partial charge in [0.2, 0.25) is 0 Å². The van der Waals surface area contributed by atoms with E-state index in [0.29, 0.717) is 0 Å². The van der Waals surface area contributed by atoms with Crippen LogP contribution in [0.3, 0.4) is 0 Å². The second kappa shape index (κ2) is 7.64. The molecule has 9 nitrogen and oxygen atoms in total. The molecule has 0 saturated carbocycles. The van der Waals surface area contributed by atoms with Crippen molar-refractivity contribution >= 4 is 49.1 Å². The summed E-state index contributed by atoms with van der Waals surface area (Å²) in [6.45, 7) is 0. The molecule has 0 atom stereocenters. The molecule has 0 unspecified atom stereocenters. The van der Waals surface area contributed by atoms with Gasteiger partial charge in [-0.15, -0.1) is 0 Å². The summed E-state index contributed by atoms with van der Waals surface area (Å²) in [4.78, 5) is 22.4. The number of hydrogen-bond acceptors (Lipinski definition) is 7. The molecule has 0 fully saturated rings.